The van der Waals surface area contributed by atoms with Gasteiger partial charge in [0.1, 0.15) is 11.2 Å². The third-order valence-electron chi connectivity index (χ3n) is 4.91. The number of H-pyrrole nitrogens is 2. The van der Waals surface area contributed by atoms with Crippen molar-refractivity contribution < 1.29 is 4.79 Å². The van der Waals surface area contributed by atoms with E-state index in [4.69, 9.17) is 4.98 Å². The van der Waals surface area contributed by atoms with Crippen molar-refractivity contribution in [2.45, 2.75) is 13.8 Å². The monoisotopic (exact) mass is 397 g/mol. The first-order chi connectivity index (χ1) is 14.6. The lowest BCUT2D eigenvalue weighted by Crippen LogP contribution is -2.17. The SMILES string of the molecule is CC(C)C(=O)Nc1cncc(-c2ccc3[nH]nc(-c4cc5cnccc5[nH]4)c3n2)c1. The van der Waals surface area contributed by atoms with Crippen LogP contribution in [0.25, 0.3) is 44.6 Å². The third kappa shape index (κ3) is 3.18. The smallest absolute Gasteiger partial charge is 0.226 e. The van der Waals surface area contributed by atoms with Gasteiger partial charge >= 0.3 is 0 Å². The summed E-state index contributed by atoms with van der Waals surface area (Å²) in [6.45, 7) is 3.70. The van der Waals surface area contributed by atoms with Gasteiger partial charge in [-0.25, -0.2) is 4.98 Å². The average molecular weight is 397 g/mol. The summed E-state index contributed by atoms with van der Waals surface area (Å²) in [5.74, 6) is -0.161. The molecule has 5 heterocycles. The molecule has 0 spiro atoms. The Hall–Kier alpha value is -4.07. The van der Waals surface area contributed by atoms with Crippen LogP contribution in [0.2, 0.25) is 0 Å². The first kappa shape index (κ1) is 18.0. The van der Waals surface area contributed by atoms with Crippen molar-refractivity contribution in [3.8, 4) is 22.6 Å². The molecule has 0 atom stereocenters. The van der Waals surface area contributed by atoms with E-state index in [-0.39, 0.29) is 11.8 Å². The fourth-order valence-corrected chi connectivity index (χ4v) is 3.28. The molecule has 0 aliphatic carbocycles. The van der Waals surface area contributed by atoms with Crippen molar-refractivity contribution in [3.63, 3.8) is 0 Å². The molecule has 0 aliphatic rings. The molecule has 0 saturated carbocycles. The Bertz CT molecular complexity index is 1350. The predicted octanol–water partition coefficient (Wildman–Crippen LogP) is 4.16. The lowest BCUT2D eigenvalue weighted by molar-refractivity contribution is -0.118. The number of amides is 1. The van der Waals surface area contributed by atoms with Crippen molar-refractivity contribution in [1.29, 1.82) is 0 Å². The molecule has 30 heavy (non-hydrogen) atoms. The van der Waals surface area contributed by atoms with Crippen molar-refractivity contribution in [3.05, 3.63) is 55.1 Å². The fourth-order valence-electron chi connectivity index (χ4n) is 3.28. The molecular formula is C22H19N7O. The van der Waals surface area contributed by atoms with E-state index in [0.717, 1.165) is 44.6 Å². The summed E-state index contributed by atoms with van der Waals surface area (Å²) >= 11 is 0. The normalized spacial score (nSPS) is 11.4. The molecule has 8 nitrogen and oxygen atoms in total. The highest BCUT2D eigenvalue weighted by Crippen LogP contribution is 2.29. The minimum Gasteiger partial charge on any atom is -0.353 e. The number of anilines is 1. The van der Waals surface area contributed by atoms with Gasteiger partial charge in [0.15, 0.2) is 0 Å². The van der Waals surface area contributed by atoms with Gasteiger partial charge in [-0.3, -0.25) is 19.9 Å². The topological polar surface area (TPSA) is 112 Å². The van der Waals surface area contributed by atoms with Crippen molar-refractivity contribution >= 4 is 33.5 Å². The summed E-state index contributed by atoms with van der Waals surface area (Å²) in [6.07, 6.45) is 6.92. The second-order valence-corrected chi connectivity index (χ2v) is 7.42. The Labute approximate surface area is 171 Å². The van der Waals surface area contributed by atoms with Crippen LogP contribution in [0.4, 0.5) is 5.69 Å². The van der Waals surface area contributed by atoms with E-state index < -0.39 is 0 Å². The van der Waals surface area contributed by atoms with Crippen LogP contribution in [-0.4, -0.2) is 36.0 Å². The van der Waals surface area contributed by atoms with Crippen LogP contribution in [0.5, 0.6) is 0 Å². The first-order valence-corrected chi connectivity index (χ1v) is 9.63. The number of aromatic amines is 2. The summed E-state index contributed by atoms with van der Waals surface area (Å²) in [4.78, 5) is 28.6. The van der Waals surface area contributed by atoms with E-state index in [0.29, 0.717) is 5.69 Å². The highest BCUT2D eigenvalue weighted by molar-refractivity contribution is 5.95. The van der Waals surface area contributed by atoms with Gasteiger partial charge in [0.2, 0.25) is 5.91 Å². The van der Waals surface area contributed by atoms with Crippen LogP contribution in [0, 0.1) is 5.92 Å². The maximum atomic E-state index is 12.0. The Morgan fingerprint density at radius 1 is 1.03 bits per heavy atom. The largest absolute Gasteiger partial charge is 0.353 e. The molecule has 0 aliphatic heterocycles. The number of rotatable bonds is 4. The zero-order valence-electron chi connectivity index (χ0n) is 16.5. The summed E-state index contributed by atoms with van der Waals surface area (Å²) in [5.41, 5.74) is 6.38. The van der Waals surface area contributed by atoms with Crippen LogP contribution in [0.3, 0.4) is 0 Å². The van der Waals surface area contributed by atoms with Gasteiger partial charge < -0.3 is 10.3 Å². The quantitative estimate of drug-likeness (QED) is 0.422. The Kier molecular flexibility index (Phi) is 4.24. The molecule has 8 heteroatoms. The number of carbonyl (C=O) groups is 1. The molecule has 0 unspecified atom stereocenters. The van der Waals surface area contributed by atoms with Crippen molar-refractivity contribution in [2.24, 2.45) is 5.92 Å². The van der Waals surface area contributed by atoms with E-state index in [2.05, 4.69) is 30.5 Å². The standard InChI is InChI=1S/C22H19N7O/c1-12(2)22(30)25-15-7-13(10-24-11-15)16-3-4-18-20(27-16)21(29-28-18)19-8-14-9-23-6-5-17(14)26-19/h3-12,26H,1-2H3,(H,25,30)(H,28,29). The molecule has 0 saturated heterocycles. The number of fused-ring (bicyclic) bond motifs is 2. The maximum Gasteiger partial charge on any atom is 0.226 e. The van der Waals surface area contributed by atoms with Crippen LogP contribution < -0.4 is 5.32 Å². The van der Waals surface area contributed by atoms with E-state index in [1.165, 1.54) is 0 Å². The number of hydrogen-bond donors (Lipinski definition) is 3. The lowest BCUT2D eigenvalue weighted by Gasteiger charge is -2.08. The maximum absolute atomic E-state index is 12.0. The molecule has 0 bridgehead atoms. The van der Waals surface area contributed by atoms with Gasteiger partial charge in [-0.2, -0.15) is 5.10 Å². The Balaban J connectivity index is 1.55. The molecular weight excluding hydrogens is 378 g/mol. The molecule has 5 aromatic heterocycles. The van der Waals surface area contributed by atoms with Crippen LogP contribution in [0.15, 0.2) is 55.1 Å². The van der Waals surface area contributed by atoms with Gasteiger partial charge in [0.25, 0.3) is 0 Å². The highest BCUT2D eigenvalue weighted by atomic mass is 16.1. The molecule has 0 fully saturated rings. The van der Waals surface area contributed by atoms with Crippen molar-refractivity contribution in [2.75, 3.05) is 5.32 Å². The van der Waals surface area contributed by atoms with E-state index >= 15 is 0 Å². The van der Waals surface area contributed by atoms with Gasteiger partial charge in [-0.05, 0) is 30.3 Å². The van der Waals surface area contributed by atoms with Gasteiger partial charge in [0, 0.05) is 41.0 Å². The number of aromatic nitrogens is 6. The Morgan fingerprint density at radius 3 is 2.77 bits per heavy atom. The third-order valence-corrected chi connectivity index (χ3v) is 4.91. The van der Waals surface area contributed by atoms with E-state index in [9.17, 15) is 4.79 Å². The Morgan fingerprint density at radius 2 is 1.93 bits per heavy atom. The summed E-state index contributed by atoms with van der Waals surface area (Å²) in [5, 5.41) is 11.4. The molecule has 3 N–H and O–H groups in total. The van der Waals surface area contributed by atoms with Gasteiger partial charge in [-0.1, -0.05) is 13.8 Å². The average Bonchev–Trinajstić information content (AvgIpc) is 3.37. The van der Waals surface area contributed by atoms with E-state index in [1.54, 1.807) is 18.6 Å². The van der Waals surface area contributed by atoms with E-state index in [1.807, 2.05) is 50.4 Å². The predicted molar refractivity (Wildman–Crippen MR) is 116 cm³/mol. The second-order valence-electron chi connectivity index (χ2n) is 7.42. The minimum absolute atomic E-state index is 0.0530. The summed E-state index contributed by atoms with van der Waals surface area (Å²) < 4.78 is 0. The number of hydrogen-bond acceptors (Lipinski definition) is 5. The number of nitrogens with one attached hydrogen (secondary N) is 3. The molecule has 1 amide bonds. The molecule has 0 radical (unpaired) electrons. The second kappa shape index (κ2) is 7.07. The van der Waals surface area contributed by atoms with Gasteiger partial charge in [0.05, 0.1) is 28.8 Å². The highest BCUT2D eigenvalue weighted by Gasteiger charge is 2.14. The lowest BCUT2D eigenvalue weighted by atomic mass is 10.1. The van der Waals surface area contributed by atoms with Crippen LogP contribution in [-0.2, 0) is 4.79 Å². The molecule has 5 rings (SSSR count). The summed E-state index contributed by atoms with van der Waals surface area (Å²) in [6, 6.07) is 9.66. The number of nitrogens with zero attached hydrogens (tertiary/aromatic N) is 4. The molecule has 148 valence electrons. The first-order valence-electron chi connectivity index (χ1n) is 9.63. The van der Waals surface area contributed by atoms with Crippen LogP contribution in [0.1, 0.15) is 13.8 Å². The number of carbonyl (C=O) groups excluding carboxylic acids is 1. The number of pyridine rings is 3. The fraction of sp³-hybridized carbons (Fsp3) is 0.136. The molecule has 0 aromatic carbocycles. The van der Waals surface area contributed by atoms with Gasteiger partial charge in [-0.15, -0.1) is 0 Å². The summed E-state index contributed by atoms with van der Waals surface area (Å²) in [7, 11) is 0. The zero-order chi connectivity index (χ0) is 20.7. The molecule has 5 aromatic rings. The zero-order valence-corrected chi connectivity index (χ0v) is 16.5. The van der Waals surface area contributed by atoms with Crippen molar-refractivity contribution in [1.82, 2.24) is 30.1 Å². The van der Waals surface area contributed by atoms with Crippen LogP contribution >= 0.6 is 0 Å². The minimum atomic E-state index is -0.108.